The predicted molar refractivity (Wildman–Crippen MR) is 70.0 cm³/mol. The van der Waals surface area contributed by atoms with Gasteiger partial charge in [0.1, 0.15) is 17.5 Å². The van der Waals surface area contributed by atoms with Crippen LogP contribution in [0.25, 0.3) is 16.6 Å². The molecule has 98 valence electrons. The van der Waals surface area contributed by atoms with E-state index in [9.17, 15) is 13.6 Å². The van der Waals surface area contributed by atoms with Gasteiger partial charge in [-0.3, -0.25) is 4.79 Å². The van der Waals surface area contributed by atoms with Gasteiger partial charge in [0, 0.05) is 5.56 Å². The molecule has 0 saturated carbocycles. The van der Waals surface area contributed by atoms with Crippen molar-refractivity contribution in [3.8, 4) is 0 Å². The van der Waals surface area contributed by atoms with Crippen molar-refractivity contribution in [2.45, 2.75) is 13.8 Å². The molecule has 0 saturated heterocycles. The lowest BCUT2D eigenvalue weighted by molar-refractivity contribution is 0.101. The van der Waals surface area contributed by atoms with Crippen molar-refractivity contribution in [1.82, 2.24) is 9.97 Å². The summed E-state index contributed by atoms with van der Waals surface area (Å²) in [5, 5.41) is 0. The number of hydrogen-bond donors (Lipinski definition) is 1. The zero-order valence-electron chi connectivity index (χ0n) is 10.6. The van der Waals surface area contributed by atoms with Gasteiger partial charge in [-0.25, -0.2) is 13.8 Å². The minimum absolute atomic E-state index is 0.0243. The number of ketones is 1. The zero-order chi connectivity index (χ0) is 14.2. The quantitative estimate of drug-likeness (QED) is 0.672. The summed E-state index contributed by atoms with van der Waals surface area (Å²) in [6.45, 7) is 5.62. The van der Waals surface area contributed by atoms with Gasteiger partial charge in [0.15, 0.2) is 5.78 Å². The fourth-order valence-corrected chi connectivity index (χ4v) is 1.91. The Balaban J connectivity index is 2.72. The predicted octanol–water partition coefficient (Wildman–Crippen LogP) is 3.95. The number of allylic oxidation sites excluding steroid dienone is 3. The SMILES string of the molecule is C=C(F)C(=C(C)F)c1nc2c(C(C)=O)cccc2[nH]1. The first-order chi connectivity index (χ1) is 8.91. The van der Waals surface area contributed by atoms with Crippen LogP contribution in [0.1, 0.15) is 30.0 Å². The summed E-state index contributed by atoms with van der Waals surface area (Å²) in [5.41, 5.74) is 1.03. The number of nitrogens with one attached hydrogen (secondary N) is 1. The van der Waals surface area contributed by atoms with Gasteiger partial charge in [-0.1, -0.05) is 12.6 Å². The lowest BCUT2D eigenvalue weighted by atomic mass is 10.1. The minimum Gasteiger partial charge on any atom is -0.338 e. The molecule has 0 fully saturated rings. The normalized spacial score (nSPS) is 12.4. The number of imidazole rings is 1. The summed E-state index contributed by atoms with van der Waals surface area (Å²) >= 11 is 0. The third-order valence-electron chi connectivity index (χ3n) is 2.74. The number of para-hydroxylation sites is 1. The summed E-state index contributed by atoms with van der Waals surface area (Å²) in [6, 6.07) is 4.98. The van der Waals surface area contributed by atoms with E-state index in [2.05, 4.69) is 16.5 Å². The Kier molecular flexibility index (Phi) is 3.29. The molecule has 1 aromatic carbocycles. The fraction of sp³-hybridized carbons (Fsp3) is 0.143. The Morgan fingerprint density at radius 2 is 2.00 bits per heavy atom. The summed E-state index contributed by atoms with van der Waals surface area (Å²) in [6.07, 6.45) is 0. The van der Waals surface area contributed by atoms with E-state index in [-0.39, 0.29) is 17.2 Å². The molecule has 3 nitrogen and oxygen atoms in total. The van der Waals surface area contributed by atoms with E-state index in [0.29, 0.717) is 16.6 Å². The van der Waals surface area contributed by atoms with Gasteiger partial charge in [0.05, 0.1) is 16.6 Å². The average Bonchev–Trinajstić information content (AvgIpc) is 2.69. The van der Waals surface area contributed by atoms with Crippen LogP contribution in [0.2, 0.25) is 0 Å². The van der Waals surface area contributed by atoms with E-state index < -0.39 is 11.7 Å². The third kappa shape index (κ3) is 2.31. The Labute approximate surface area is 108 Å². The highest BCUT2D eigenvalue weighted by Crippen LogP contribution is 2.28. The second-order valence-electron chi connectivity index (χ2n) is 4.16. The second kappa shape index (κ2) is 4.76. The maximum atomic E-state index is 13.3. The van der Waals surface area contributed by atoms with Crippen LogP contribution < -0.4 is 0 Å². The lowest BCUT2D eigenvalue weighted by Gasteiger charge is -1.99. The molecule has 1 heterocycles. The van der Waals surface area contributed by atoms with Crippen molar-refractivity contribution in [3.05, 3.63) is 47.8 Å². The molecule has 2 aromatic rings. The van der Waals surface area contributed by atoms with E-state index in [4.69, 9.17) is 0 Å². The van der Waals surface area contributed by atoms with Crippen molar-refractivity contribution in [1.29, 1.82) is 0 Å². The molecular formula is C14H12F2N2O. The number of Topliss-reactive ketones (excluding diaryl/α,β-unsaturated/α-hetero) is 1. The van der Waals surface area contributed by atoms with Crippen molar-refractivity contribution in [3.63, 3.8) is 0 Å². The number of rotatable bonds is 3. The highest BCUT2D eigenvalue weighted by atomic mass is 19.1. The summed E-state index contributed by atoms with van der Waals surface area (Å²) in [5.74, 6) is -1.78. The van der Waals surface area contributed by atoms with Gasteiger partial charge in [-0.05, 0) is 26.0 Å². The zero-order valence-corrected chi connectivity index (χ0v) is 10.6. The number of hydrogen-bond acceptors (Lipinski definition) is 2. The highest BCUT2D eigenvalue weighted by molar-refractivity contribution is 6.05. The topological polar surface area (TPSA) is 45.8 Å². The van der Waals surface area contributed by atoms with E-state index in [1.54, 1.807) is 18.2 Å². The summed E-state index contributed by atoms with van der Waals surface area (Å²) in [4.78, 5) is 18.4. The molecule has 1 N–H and O–H groups in total. The van der Waals surface area contributed by atoms with Crippen molar-refractivity contribution in [2.24, 2.45) is 0 Å². The molecular weight excluding hydrogens is 250 g/mol. The number of carbonyl (C=O) groups is 1. The molecule has 0 aliphatic rings. The van der Waals surface area contributed by atoms with Crippen molar-refractivity contribution < 1.29 is 13.6 Å². The molecule has 0 aliphatic carbocycles. The number of aromatic amines is 1. The van der Waals surface area contributed by atoms with Gasteiger partial charge < -0.3 is 4.98 Å². The maximum absolute atomic E-state index is 13.3. The second-order valence-corrected chi connectivity index (χ2v) is 4.16. The summed E-state index contributed by atoms with van der Waals surface area (Å²) in [7, 11) is 0. The monoisotopic (exact) mass is 262 g/mol. The van der Waals surface area contributed by atoms with Gasteiger partial charge in [-0.15, -0.1) is 0 Å². The molecule has 0 atom stereocenters. The number of H-pyrrole nitrogens is 1. The van der Waals surface area contributed by atoms with Crippen LogP contribution in [0.5, 0.6) is 0 Å². The first-order valence-electron chi connectivity index (χ1n) is 5.63. The number of nitrogens with zero attached hydrogens (tertiary/aromatic N) is 1. The van der Waals surface area contributed by atoms with Crippen LogP contribution in [0.15, 0.2) is 36.4 Å². The highest BCUT2D eigenvalue weighted by Gasteiger charge is 2.17. The first kappa shape index (κ1) is 13.1. The standard InChI is InChI=1S/C14H12F2N2O/c1-7(15)12(8(2)16)14-17-11-6-4-5-10(9(3)19)13(11)18-14/h4-6H,1H2,2-3H3,(H,17,18). The number of benzene rings is 1. The summed E-state index contributed by atoms with van der Waals surface area (Å²) < 4.78 is 26.6. The number of aromatic nitrogens is 2. The van der Waals surface area contributed by atoms with Crippen LogP contribution in [0.3, 0.4) is 0 Å². The van der Waals surface area contributed by atoms with E-state index >= 15 is 0 Å². The first-order valence-corrected chi connectivity index (χ1v) is 5.63. The van der Waals surface area contributed by atoms with Gasteiger partial charge in [0.25, 0.3) is 0 Å². The van der Waals surface area contributed by atoms with Crippen LogP contribution in [0, 0.1) is 0 Å². The minimum atomic E-state index is -0.913. The molecule has 19 heavy (non-hydrogen) atoms. The lowest BCUT2D eigenvalue weighted by Crippen LogP contribution is -1.93. The Hall–Kier alpha value is -2.30. The van der Waals surface area contributed by atoms with Crippen LogP contribution in [-0.2, 0) is 0 Å². The van der Waals surface area contributed by atoms with E-state index in [1.165, 1.54) is 6.92 Å². The number of halogens is 2. The van der Waals surface area contributed by atoms with Crippen LogP contribution in [0.4, 0.5) is 8.78 Å². The van der Waals surface area contributed by atoms with E-state index in [1.807, 2.05) is 0 Å². The number of carbonyl (C=O) groups excluding carboxylic acids is 1. The van der Waals surface area contributed by atoms with Crippen LogP contribution >= 0.6 is 0 Å². The molecule has 0 spiro atoms. The van der Waals surface area contributed by atoms with Gasteiger partial charge >= 0.3 is 0 Å². The molecule has 0 unspecified atom stereocenters. The average molecular weight is 262 g/mol. The maximum Gasteiger partial charge on any atom is 0.162 e. The van der Waals surface area contributed by atoms with E-state index in [0.717, 1.165) is 6.92 Å². The molecule has 0 aliphatic heterocycles. The Morgan fingerprint density at radius 3 is 2.53 bits per heavy atom. The molecule has 0 amide bonds. The van der Waals surface area contributed by atoms with Gasteiger partial charge in [0.2, 0.25) is 0 Å². The fourth-order valence-electron chi connectivity index (χ4n) is 1.91. The number of fused-ring (bicyclic) bond motifs is 1. The van der Waals surface area contributed by atoms with Gasteiger partial charge in [-0.2, -0.15) is 0 Å². The molecule has 2 rings (SSSR count). The molecule has 1 aromatic heterocycles. The largest absolute Gasteiger partial charge is 0.338 e. The third-order valence-corrected chi connectivity index (χ3v) is 2.74. The van der Waals surface area contributed by atoms with Crippen molar-refractivity contribution in [2.75, 3.05) is 0 Å². The Bertz CT molecular complexity index is 709. The van der Waals surface area contributed by atoms with Crippen LogP contribution in [-0.4, -0.2) is 15.8 Å². The molecule has 5 heteroatoms. The molecule has 0 bridgehead atoms. The smallest absolute Gasteiger partial charge is 0.162 e. The Morgan fingerprint density at radius 1 is 1.32 bits per heavy atom. The van der Waals surface area contributed by atoms with Crippen molar-refractivity contribution >= 4 is 22.4 Å². The molecule has 0 radical (unpaired) electrons.